The van der Waals surface area contributed by atoms with Crippen molar-refractivity contribution in [2.75, 3.05) is 31.1 Å². The van der Waals surface area contributed by atoms with Crippen molar-refractivity contribution in [1.29, 1.82) is 0 Å². The van der Waals surface area contributed by atoms with Crippen LogP contribution in [0.25, 0.3) is 5.52 Å². The average Bonchev–Trinajstić information content (AvgIpc) is 3.41. The minimum atomic E-state index is -0.361. The van der Waals surface area contributed by atoms with E-state index in [9.17, 15) is 9.59 Å². The predicted octanol–water partition coefficient (Wildman–Crippen LogP) is 2.45. The zero-order valence-corrected chi connectivity index (χ0v) is 16.1. The Balaban J connectivity index is 1.28. The number of nitrogens with one attached hydrogen (secondary N) is 1. The summed E-state index contributed by atoms with van der Waals surface area (Å²) in [5.74, 6) is 1.48. The number of rotatable bonds is 5. The summed E-state index contributed by atoms with van der Waals surface area (Å²) in [6.07, 6.45) is 10.5. The lowest BCUT2D eigenvalue weighted by atomic mass is 9.90. The van der Waals surface area contributed by atoms with Crippen molar-refractivity contribution in [2.24, 2.45) is 11.8 Å². The predicted molar refractivity (Wildman–Crippen MR) is 106 cm³/mol. The summed E-state index contributed by atoms with van der Waals surface area (Å²) in [6, 6.07) is 3.93. The van der Waals surface area contributed by atoms with Crippen molar-refractivity contribution in [3.63, 3.8) is 0 Å². The third kappa shape index (κ3) is 3.63. The van der Waals surface area contributed by atoms with Crippen molar-refractivity contribution in [3.05, 3.63) is 30.1 Å². The minimum absolute atomic E-state index is 0.216. The van der Waals surface area contributed by atoms with Crippen LogP contribution in [0.2, 0.25) is 0 Å². The number of aromatic nitrogens is 2. The number of hydrogen-bond donors (Lipinski definition) is 1. The number of imide groups is 1. The second-order valence-corrected chi connectivity index (χ2v) is 8.54. The van der Waals surface area contributed by atoms with Gasteiger partial charge in [0.15, 0.2) is 0 Å². The lowest BCUT2D eigenvalue weighted by Crippen LogP contribution is -2.49. The van der Waals surface area contributed by atoms with Gasteiger partial charge >= 0.3 is 6.03 Å². The number of anilines is 1. The van der Waals surface area contributed by atoms with Crippen LogP contribution in [-0.2, 0) is 11.2 Å². The number of hydrogen-bond acceptors (Lipinski definition) is 4. The molecule has 2 saturated heterocycles. The molecule has 28 heavy (non-hydrogen) atoms. The summed E-state index contributed by atoms with van der Waals surface area (Å²) in [7, 11) is 0. The fourth-order valence-corrected chi connectivity index (χ4v) is 4.51. The molecule has 0 atom stereocenters. The van der Waals surface area contributed by atoms with E-state index in [1.54, 1.807) is 15.6 Å². The number of fused-ring (bicyclic) bond motifs is 1. The lowest BCUT2D eigenvalue weighted by Gasteiger charge is -2.32. The summed E-state index contributed by atoms with van der Waals surface area (Å²) >= 11 is 0. The van der Waals surface area contributed by atoms with Crippen LogP contribution in [-0.4, -0.2) is 52.6 Å². The molecule has 0 radical (unpaired) electrons. The molecule has 1 aliphatic carbocycles. The quantitative estimate of drug-likeness (QED) is 0.864. The lowest BCUT2D eigenvalue weighted by molar-refractivity contribution is -0.120. The Hall–Kier alpha value is -2.41. The van der Waals surface area contributed by atoms with E-state index in [-0.39, 0.29) is 11.9 Å². The second kappa shape index (κ2) is 7.20. The topological polar surface area (TPSA) is 70.0 Å². The first-order valence-corrected chi connectivity index (χ1v) is 10.5. The number of urea groups is 1. The van der Waals surface area contributed by atoms with E-state index in [1.165, 1.54) is 50.9 Å². The Labute approximate surface area is 164 Å². The molecule has 4 heterocycles. The van der Waals surface area contributed by atoms with Gasteiger partial charge in [0.1, 0.15) is 0 Å². The molecule has 5 rings (SSSR count). The standard InChI is InChI=1S/C21H27N5O2/c27-20-6-9-25(21(28)23-20)19-13-22-26-10-5-17(12-18(19)26)11-15-3-7-24(8-4-15)14-16-1-2-16/h5,10,12-13,15-16H,1-4,6-9,11,14H2,(H,23,27,28). The van der Waals surface area contributed by atoms with E-state index in [2.05, 4.69) is 27.4 Å². The van der Waals surface area contributed by atoms with Gasteiger partial charge in [0, 0.05) is 25.7 Å². The highest BCUT2D eigenvalue weighted by atomic mass is 16.2. The van der Waals surface area contributed by atoms with E-state index >= 15 is 0 Å². The van der Waals surface area contributed by atoms with Crippen molar-refractivity contribution < 1.29 is 9.59 Å². The zero-order chi connectivity index (χ0) is 19.1. The molecule has 2 aromatic heterocycles. The molecule has 7 nitrogen and oxygen atoms in total. The molecule has 3 amide bonds. The fourth-order valence-electron chi connectivity index (χ4n) is 4.51. The van der Waals surface area contributed by atoms with Crippen LogP contribution >= 0.6 is 0 Å². The highest BCUT2D eigenvalue weighted by molar-refractivity contribution is 6.07. The van der Waals surface area contributed by atoms with Crippen molar-refractivity contribution in [3.8, 4) is 0 Å². The molecule has 1 saturated carbocycles. The number of amides is 3. The van der Waals surface area contributed by atoms with Gasteiger partial charge in [0.25, 0.3) is 0 Å². The van der Waals surface area contributed by atoms with E-state index in [0.717, 1.165) is 29.5 Å². The van der Waals surface area contributed by atoms with Crippen LogP contribution in [0, 0.1) is 11.8 Å². The first-order chi connectivity index (χ1) is 13.7. The molecule has 3 aliphatic rings. The molecule has 7 heteroatoms. The molecule has 2 aromatic rings. The van der Waals surface area contributed by atoms with Gasteiger partial charge in [0.2, 0.25) is 5.91 Å². The SMILES string of the molecule is O=C1CCN(c2cnn3ccc(CC4CCN(CC5CC5)CC4)cc23)C(=O)N1. The van der Waals surface area contributed by atoms with Gasteiger partial charge in [-0.3, -0.25) is 15.0 Å². The third-order valence-corrected chi connectivity index (χ3v) is 6.36. The van der Waals surface area contributed by atoms with Gasteiger partial charge < -0.3 is 4.90 Å². The van der Waals surface area contributed by atoms with Crippen LogP contribution in [0.3, 0.4) is 0 Å². The minimum Gasteiger partial charge on any atom is -0.303 e. The van der Waals surface area contributed by atoms with E-state index in [4.69, 9.17) is 0 Å². The summed E-state index contributed by atoms with van der Waals surface area (Å²) in [6.45, 7) is 4.15. The van der Waals surface area contributed by atoms with Crippen molar-refractivity contribution in [1.82, 2.24) is 19.8 Å². The highest BCUT2D eigenvalue weighted by Crippen LogP contribution is 2.32. The molecule has 0 spiro atoms. The Morgan fingerprint density at radius 2 is 1.89 bits per heavy atom. The molecule has 1 N–H and O–H groups in total. The normalized spacial score (nSPS) is 22.1. The number of pyridine rings is 1. The number of likely N-dealkylation sites (tertiary alicyclic amines) is 1. The summed E-state index contributed by atoms with van der Waals surface area (Å²) in [5.41, 5.74) is 2.99. The molecular formula is C21H27N5O2. The number of carbonyl (C=O) groups excluding carboxylic acids is 2. The highest BCUT2D eigenvalue weighted by Gasteiger charge is 2.28. The Bertz CT molecular complexity index is 895. The summed E-state index contributed by atoms with van der Waals surface area (Å²) < 4.78 is 1.81. The van der Waals surface area contributed by atoms with Crippen LogP contribution in [0.1, 0.15) is 37.7 Å². The molecule has 0 bridgehead atoms. The third-order valence-electron chi connectivity index (χ3n) is 6.36. The molecule has 148 valence electrons. The van der Waals surface area contributed by atoms with Gasteiger partial charge in [-0.05, 0) is 74.7 Å². The van der Waals surface area contributed by atoms with E-state index in [0.29, 0.717) is 13.0 Å². The van der Waals surface area contributed by atoms with E-state index < -0.39 is 0 Å². The first kappa shape index (κ1) is 17.7. The van der Waals surface area contributed by atoms with Crippen LogP contribution in [0.15, 0.2) is 24.5 Å². The van der Waals surface area contributed by atoms with Gasteiger partial charge in [-0.1, -0.05) is 0 Å². The van der Waals surface area contributed by atoms with Gasteiger partial charge in [-0.15, -0.1) is 0 Å². The monoisotopic (exact) mass is 381 g/mol. The second-order valence-electron chi connectivity index (χ2n) is 8.54. The van der Waals surface area contributed by atoms with Crippen LogP contribution in [0.5, 0.6) is 0 Å². The first-order valence-electron chi connectivity index (χ1n) is 10.5. The Kier molecular flexibility index (Phi) is 4.55. The molecule has 0 unspecified atom stereocenters. The number of piperidine rings is 1. The van der Waals surface area contributed by atoms with Gasteiger partial charge in [0.05, 0.1) is 17.4 Å². The maximum absolute atomic E-state index is 12.2. The van der Waals surface area contributed by atoms with Crippen molar-refractivity contribution >= 4 is 23.1 Å². The van der Waals surface area contributed by atoms with Gasteiger partial charge in [-0.25, -0.2) is 9.31 Å². The van der Waals surface area contributed by atoms with Gasteiger partial charge in [-0.2, -0.15) is 5.10 Å². The largest absolute Gasteiger partial charge is 0.328 e. The Morgan fingerprint density at radius 3 is 2.64 bits per heavy atom. The van der Waals surface area contributed by atoms with Crippen LogP contribution < -0.4 is 10.2 Å². The summed E-state index contributed by atoms with van der Waals surface area (Å²) in [4.78, 5) is 27.9. The summed E-state index contributed by atoms with van der Waals surface area (Å²) in [5, 5.41) is 6.77. The molecule has 3 fully saturated rings. The zero-order valence-electron chi connectivity index (χ0n) is 16.1. The van der Waals surface area contributed by atoms with Crippen LogP contribution in [0.4, 0.5) is 10.5 Å². The van der Waals surface area contributed by atoms with E-state index in [1.807, 2.05) is 6.20 Å². The Morgan fingerprint density at radius 1 is 1.07 bits per heavy atom. The van der Waals surface area contributed by atoms with Crippen molar-refractivity contribution in [2.45, 2.75) is 38.5 Å². The number of carbonyl (C=O) groups is 2. The smallest absolute Gasteiger partial charge is 0.303 e. The molecular weight excluding hydrogens is 354 g/mol. The average molecular weight is 381 g/mol. The molecule has 2 aliphatic heterocycles. The fraction of sp³-hybridized carbons (Fsp3) is 0.571. The maximum atomic E-state index is 12.2. The number of nitrogens with zero attached hydrogens (tertiary/aromatic N) is 4. The molecule has 0 aromatic carbocycles. The maximum Gasteiger partial charge on any atom is 0.328 e.